The SMILES string of the molecule is COc1ccc(Oc2cccc(C(=O)NC3CO[C@@H]4[C@@H](NC(=O)C5CC5)CO[C@H]34)c2)cc1. The van der Waals surface area contributed by atoms with Crippen LogP contribution >= 0.6 is 0 Å². The second-order valence-electron chi connectivity index (χ2n) is 8.37. The molecular weight excluding hydrogens is 412 g/mol. The van der Waals surface area contributed by atoms with Gasteiger partial charge in [-0.1, -0.05) is 6.07 Å². The highest BCUT2D eigenvalue weighted by Crippen LogP contribution is 2.32. The number of hydrogen-bond acceptors (Lipinski definition) is 6. The van der Waals surface area contributed by atoms with Gasteiger partial charge in [0.05, 0.1) is 32.4 Å². The maximum Gasteiger partial charge on any atom is 0.251 e. The maximum absolute atomic E-state index is 12.9. The first-order valence-corrected chi connectivity index (χ1v) is 10.9. The van der Waals surface area contributed by atoms with Gasteiger partial charge in [0.2, 0.25) is 5.91 Å². The smallest absolute Gasteiger partial charge is 0.251 e. The minimum atomic E-state index is -0.276. The average molecular weight is 438 g/mol. The highest BCUT2D eigenvalue weighted by atomic mass is 16.6. The molecule has 2 aromatic carbocycles. The molecule has 2 amide bonds. The first-order valence-electron chi connectivity index (χ1n) is 10.9. The van der Waals surface area contributed by atoms with E-state index in [0.29, 0.717) is 30.3 Å². The van der Waals surface area contributed by atoms with E-state index in [0.717, 1.165) is 18.6 Å². The monoisotopic (exact) mass is 438 g/mol. The Balaban J connectivity index is 1.19. The predicted octanol–water partition coefficient (Wildman–Crippen LogP) is 2.28. The van der Waals surface area contributed by atoms with Crippen molar-refractivity contribution in [2.75, 3.05) is 20.3 Å². The number of rotatable bonds is 7. The third-order valence-electron chi connectivity index (χ3n) is 6.04. The summed E-state index contributed by atoms with van der Waals surface area (Å²) in [5.41, 5.74) is 0.482. The zero-order valence-corrected chi connectivity index (χ0v) is 17.8. The fraction of sp³-hybridized carbons (Fsp3) is 0.417. The van der Waals surface area contributed by atoms with Crippen LogP contribution < -0.4 is 20.1 Å². The summed E-state index contributed by atoms with van der Waals surface area (Å²) < 4.78 is 22.8. The molecule has 2 aromatic rings. The molecule has 4 atom stereocenters. The maximum atomic E-state index is 12.9. The van der Waals surface area contributed by atoms with Crippen LogP contribution in [0.15, 0.2) is 48.5 Å². The molecule has 1 unspecified atom stereocenters. The molecule has 8 heteroatoms. The molecule has 5 rings (SSSR count). The highest BCUT2D eigenvalue weighted by Gasteiger charge is 2.49. The largest absolute Gasteiger partial charge is 0.497 e. The van der Waals surface area contributed by atoms with E-state index in [1.54, 1.807) is 43.5 Å². The van der Waals surface area contributed by atoms with Crippen LogP contribution in [0.2, 0.25) is 0 Å². The summed E-state index contributed by atoms with van der Waals surface area (Å²) in [5, 5.41) is 6.04. The molecule has 168 valence electrons. The van der Waals surface area contributed by atoms with Gasteiger partial charge in [-0.3, -0.25) is 9.59 Å². The Kier molecular flexibility index (Phi) is 5.71. The van der Waals surface area contributed by atoms with Crippen molar-refractivity contribution in [3.05, 3.63) is 54.1 Å². The van der Waals surface area contributed by atoms with E-state index in [1.807, 2.05) is 12.1 Å². The van der Waals surface area contributed by atoms with E-state index in [1.165, 1.54) is 0 Å². The van der Waals surface area contributed by atoms with Crippen molar-refractivity contribution in [3.8, 4) is 17.2 Å². The molecule has 1 saturated carbocycles. The second-order valence-corrected chi connectivity index (χ2v) is 8.37. The van der Waals surface area contributed by atoms with Gasteiger partial charge >= 0.3 is 0 Å². The summed E-state index contributed by atoms with van der Waals surface area (Å²) >= 11 is 0. The van der Waals surface area contributed by atoms with Gasteiger partial charge in [-0.15, -0.1) is 0 Å². The Morgan fingerprint density at radius 1 is 0.875 bits per heavy atom. The van der Waals surface area contributed by atoms with Gasteiger partial charge in [0.25, 0.3) is 5.91 Å². The summed E-state index contributed by atoms with van der Waals surface area (Å²) in [4.78, 5) is 24.9. The minimum Gasteiger partial charge on any atom is -0.497 e. The molecule has 1 aliphatic carbocycles. The van der Waals surface area contributed by atoms with Gasteiger partial charge in [0, 0.05) is 11.5 Å². The quantitative estimate of drug-likeness (QED) is 0.689. The van der Waals surface area contributed by atoms with Gasteiger partial charge < -0.3 is 29.6 Å². The van der Waals surface area contributed by atoms with Crippen molar-refractivity contribution in [2.45, 2.75) is 37.1 Å². The fourth-order valence-electron chi connectivity index (χ4n) is 4.13. The molecule has 0 radical (unpaired) electrons. The Morgan fingerprint density at radius 3 is 2.19 bits per heavy atom. The summed E-state index contributed by atoms with van der Waals surface area (Å²) in [6.45, 7) is 0.740. The van der Waals surface area contributed by atoms with Crippen LogP contribution in [0, 0.1) is 5.92 Å². The first-order chi connectivity index (χ1) is 15.6. The Hall–Kier alpha value is -3.10. The van der Waals surface area contributed by atoms with Gasteiger partial charge in [0.1, 0.15) is 29.5 Å². The van der Waals surface area contributed by atoms with Crippen LogP contribution in [0.5, 0.6) is 17.2 Å². The van der Waals surface area contributed by atoms with E-state index in [4.69, 9.17) is 18.9 Å². The molecule has 2 aliphatic heterocycles. The fourth-order valence-corrected chi connectivity index (χ4v) is 4.13. The number of fused-ring (bicyclic) bond motifs is 1. The third kappa shape index (κ3) is 4.42. The molecule has 2 saturated heterocycles. The highest BCUT2D eigenvalue weighted by molar-refractivity contribution is 5.94. The van der Waals surface area contributed by atoms with Crippen molar-refractivity contribution in [1.29, 1.82) is 0 Å². The number of nitrogens with one attached hydrogen (secondary N) is 2. The van der Waals surface area contributed by atoms with Crippen molar-refractivity contribution in [3.63, 3.8) is 0 Å². The number of methoxy groups -OCH3 is 1. The van der Waals surface area contributed by atoms with Gasteiger partial charge in [-0.2, -0.15) is 0 Å². The Labute approximate surface area is 186 Å². The van der Waals surface area contributed by atoms with Crippen LogP contribution in [-0.2, 0) is 14.3 Å². The topological polar surface area (TPSA) is 95.1 Å². The molecule has 3 fully saturated rings. The van der Waals surface area contributed by atoms with Crippen molar-refractivity contribution >= 4 is 11.8 Å². The molecule has 0 aromatic heterocycles. The van der Waals surface area contributed by atoms with E-state index in [-0.39, 0.29) is 42.0 Å². The van der Waals surface area contributed by atoms with Crippen LogP contribution in [-0.4, -0.2) is 56.4 Å². The number of ether oxygens (including phenoxy) is 4. The minimum absolute atomic E-state index is 0.0732. The van der Waals surface area contributed by atoms with Gasteiger partial charge in [-0.05, 0) is 55.3 Å². The molecule has 0 spiro atoms. The standard InChI is InChI=1S/C24H26N2O6/c1-29-16-7-9-17(10-8-16)32-18-4-2-3-15(11-18)24(28)26-20-13-31-21-19(12-30-22(20)21)25-23(27)14-5-6-14/h2-4,7-11,14,19-22H,5-6,12-13H2,1H3,(H,25,27)(H,26,28)/t19-,20?,21+,22+/m0/s1. The van der Waals surface area contributed by atoms with E-state index in [2.05, 4.69) is 10.6 Å². The zero-order valence-electron chi connectivity index (χ0n) is 17.8. The normalized spacial score (nSPS) is 26.3. The Morgan fingerprint density at radius 2 is 1.53 bits per heavy atom. The number of amides is 2. The third-order valence-corrected chi connectivity index (χ3v) is 6.04. The first kappa shape index (κ1) is 20.8. The average Bonchev–Trinajstić information content (AvgIpc) is 3.49. The number of benzene rings is 2. The van der Waals surface area contributed by atoms with E-state index in [9.17, 15) is 9.59 Å². The molecule has 32 heavy (non-hydrogen) atoms. The summed E-state index contributed by atoms with van der Waals surface area (Å²) in [5.74, 6) is 1.93. The van der Waals surface area contributed by atoms with Crippen LogP contribution in [0.4, 0.5) is 0 Å². The lowest BCUT2D eigenvalue weighted by Crippen LogP contribution is -2.47. The van der Waals surface area contributed by atoms with Crippen molar-refractivity contribution in [2.24, 2.45) is 5.92 Å². The molecule has 2 N–H and O–H groups in total. The summed E-state index contributed by atoms with van der Waals surface area (Å²) in [6, 6.07) is 13.8. The van der Waals surface area contributed by atoms with E-state index < -0.39 is 0 Å². The molecular formula is C24H26N2O6. The lowest BCUT2D eigenvalue weighted by atomic mass is 10.1. The molecule has 8 nitrogen and oxygen atoms in total. The number of hydrogen-bond donors (Lipinski definition) is 2. The number of carbonyl (C=O) groups excluding carboxylic acids is 2. The van der Waals surface area contributed by atoms with Crippen molar-refractivity contribution < 1.29 is 28.5 Å². The molecule has 2 heterocycles. The lowest BCUT2D eigenvalue weighted by Gasteiger charge is -2.18. The predicted molar refractivity (Wildman–Crippen MR) is 115 cm³/mol. The van der Waals surface area contributed by atoms with E-state index >= 15 is 0 Å². The second kappa shape index (κ2) is 8.80. The lowest BCUT2D eigenvalue weighted by molar-refractivity contribution is -0.123. The Bertz CT molecular complexity index is 990. The van der Waals surface area contributed by atoms with Crippen LogP contribution in [0.3, 0.4) is 0 Å². The van der Waals surface area contributed by atoms with Gasteiger partial charge in [0.15, 0.2) is 0 Å². The zero-order chi connectivity index (χ0) is 22.1. The van der Waals surface area contributed by atoms with Crippen LogP contribution in [0.25, 0.3) is 0 Å². The summed E-state index contributed by atoms with van der Waals surface area (Å²) in [7, 11) is 1.61. The van der Waals surface area contributed by atoms with Crippen LogP contribution in [0.1, 0.15) is 23.2 Å². The number of carbonyl (C=O) groups is 2. The molecule has 0 bridgehead atoms. The molecule has 3 aliphatic rings. The van der Waals surface area contributed by atoms with Crippen molar-refractivity contribution in [1.82, 2.24) is 10.6 Å². The van der Waals surface area contributed by atoms with Gasteiger partial charge in [-0.25, -0.2) is 0 Å². The summed E-state index contributed by atoms with van der Waals surface area (Å²) in [6.07, 6.45) is 1.39.